The lowest BCUT2D eigenvalue weighted by molar-refractivity contribution is 0.249. The molecular formula is C4H10N3O3P. The Morgan fingerprint density at radius 2 is 2.18 bits per heavy atom. The summed E-state index contributed by atoms with van der Waals surface area (Å²) in [6.45, 7) is 2.45. The van der Waals surface area contributed by atoms with E-state index in [1.165, 1.54) is 6.92 Å². The summed E-state index contributed by atoms with van der Waals surface area (Å²) in [5, 5.41) is 3.27. The number of nitrogens with one attached hydrogen (secondary N) is 1. The summed E-state index contributed by atoms with van der Waals surface area (Å²) < 4.78 is 10.8. The van der Waals surface area contributed by atoms with Gasteiger partial charge in [-0.05, 0) is 6.92 Å². The van der Waals surface area contributed by atoms with E-state index in [0.717, 1.165) is 6.66 Å². The maximum absolute atomic E-state index is 10.8. The summed E-state index contributed by atoms with van der Waals surface area (Å²) in [4.78, 5) is 18.9. The van der Waals surface area contributed by atoms with Gasteiger partial charge in [-0.3, -0.25) is 4.57 Å². The molecule has 0 spiro atoms. The van der Waals surface area contributed by atoms with Crippen molar-refractivity contribution in [3.63, 3.8) is 0 Å². The van der Waals surface area contributed by atoms with E-state index in [4.69, 9.17) is 4.89 Å². The highest BCUT2D eigenvalue weighted by Crippen LogP contribution is 2.36. The van der Waals surface area contributed by atoms with E-state index >= 15 is 0 Å². The summed E-state index contributed by atoms with van der Waals surface area (Å²) in [5.74, 6) is 0. The average Bonchev–Trinajstić information content (AvgIpc) is 1.80. The predicted molar refractivity (Wildman–Crippen MR) is 41.6 cm³/mol. The molecule has 0 heterocycles. The molecule has 11 heavy (non-hydrogen) atoms. The SMILES string of the molecule is CC(=NNC(N)=O)P(C)(=O)O. The number of urea groups is 1. The van der Waals surface area contributed by atoms with E-state index < -0.39 is 13.4 Å². The Morgan fingerprint density at radius 1 is 1.73 bits per heavy atom. The Bertz CT molecular complexity index is 231. The van der Waals surface area contributed by atoms with Crippen molar-refractivity contribution in [1.82, 2.24) is 5.43 Å². The molecule has 0 aliphatic rings. The van der Waals surface area contributed by atoms with Crippen LogP contribution in [0.1, 0.15) is 6.92 Å². The number of hydrogen-bond donors (Lipinski definition) is 3. The van der Waals surface area contributed by atoms with Crippen LogP contribution in [0.3, 0.4) is 0 Å². The summed E-state index contributed by atoms with van der Waals surface area (Å²) in [6.07, 6.45) is 0. The largest absolute Gasteiger partial charge is 0.350 e. The molecule has 0 aromatic carbocycles. The zero-order valence-electron chi connectivity index (χ0n) is 6.24. The van der Waals surface area contributed by atoms with Crippen LogP contribution in [0, 0.1) is 0 Å². The molecule has 0 saturated carbocycles. The van der Waals surface area contributed by atoms with Crippen molar-refractivity contribution in [2.45, 2.75) is 6.92 Å². The Kier molecular flexibility index (Phi) is 3.22. The van der Waals surface area contributed by atoms with Crippen LogP contribution in [0.5, 0.6) is 0 Å². The molecular weight excluding hydrogens is 169 g/mol. The van der Waals surface area contributed by atoms with Crippen LogP contribution in [-0.2, 0) is 4.57 Å². The van der Waals surface area contributed by atoms with E-state index in [9.17, 15) is 9.36 Å². The third-order valence-electron chi connectivity index (χ3n) is 0.928. The fraction of sp³-hybridized carbons (Fsp3) is 0.500. The zero-order valence-corrected chi connectivity index (χ0v) is 7.13. The molecule has 0 aromatic rings. The molecule has 0 aliphatic heterocycles. The van der Waals surface area contributed by atoms with Gasteiger partial charge in [0, 0.05) is 6.66 Å². The average molecular weight is 179 g/mol. The van der Waals surface area contributed by atoms with Gasteiger partial charge < -0.3 is 10.6 Å². The van der Waals surface area contributed by atoms with E-state index in [-0.39, 0.29) is 5.45 Å². The van der Waals surface area contributed by atoms with Gasteiger partial charge in [-0.1, -0.05) is 0 Å². The quantitative estimate of drug-likeness (QED) is 0.313. The molecule has 64 valence electrons. The number of carbonyl (C=O) groups is 1. The monoisotopic (exact) mass is 179 g/mol. The van der Waals surface area contributed by atoms with Crippen molar-refractivity contribution in [3.8, 4) is 0 Å². The third-order valence-corrected chi connectivity index (χ3v) is 2.23. The van der Waals surface area contributed by atoms with E-state index in [1.54, 1.807) is 0 Å². The van der Waals surface area contributed by atoms with E-state index in [1.807, 2.05) is 5.43 Å². The van der Waals surface area contributed by atoms with Crippen LogP contribution >= 0.6 is 7.37 Å². The molecule has 0 radical (unpaired) electrons. The summed E-state index contributed by atoms with van der Waals surface area (Å²) in [5.41, 5.74) is 6.46. The first-order valence-corrected chi connectivity index (χ1v) is 4.85. The minimum absolute atomic E-state index is 0.0451. The first-order chi connectivity index (χ1) is 4.84. The number of amides is 2. The highest BCUT2D eigenvalue weighted by molar-refractivity contribution is 7.74. The molecule has 6 nitrogen and oxygen atoms in total. The maximum atomic E-state index is 10.8. The van der Waals surface area contributed by atoms with Crippen LogP contribution in [0.2, 0.25) is 0 Å². The van der Waals surface area contributed by atoms with Crippen LogP contribution in [0.15, 0.2) is 5.10 Å². The number of hydrogen-bond acceptors (Lipinski definition) is 3. The molecule has 0 saturated heterocycles. The van der Waals surface area contributed by atoms with Crippen molar-refractivity contribution < 1.29 is 14.3 Å². The first-order valence-electron chi connectivity index (χ1n) is 2.74. The second-order valence-electron chi connectivity index (χ2n) is 2.01. The van der Waals surface area contributed by atoms with Gasteiger partial charge >= 0.3 is 6.03 Å². The predicted octanol–water partition coefficient (Wildman–Crippen LogP) is -0.112. The van der Waals surface area contributed by atoms with Crippen LogP contribution in [-0.4, -0.2) is 23.0 Å². The molecule has 2 amide bonds. The highest BCUT2D eigenvalue weighted by Gasteiger charge is 2.14. The fourth-order valence-electron chi connectivity index (χ4n) is 0.229. The molecule has 1 atom stereocenters. The molecule has 0 aromatic heterocycles. The number of hydrazone groups is 1. The van der Waals surface area contributed by atoms with E-state index in [0.29, 0.717) is 0 Å². The number of rotatable bonds is 2. The Balaban J connectivity index is 4.25. The highest BCUT2D eigenvalue weighted by atomic mass is 31.2. The van der Waals surface area contributed by atoms with Crippen molar-refractivity contribution >= 4 is 18.9 Å². The summed E-state index contributed by atoms with van der Waals surface area (Å²) >= 11 is 0. The minimum Gasteiger partial charge on any atom is -0.350 e. The Labute approximate surface area is 63.9 Å². The maximum Gasteiger partial charge on any atom is 0.332 e. The second-order valence-corrected chi connectivity index (χ2v) is 4.42. The van der Waals surface area contributed by atoms with Gasteiger partial charge in [0.15, 0.2) is 0 Å². The van der Waals surface area contributed by atoms with Crippen molar-refractivity contribution in [3.05, 3.63) is 0 Å². The van der Waals surface area contributed by atoms with Crippen LogP contribution in [0.4, 0.5) is 4.79 Å². The van der Waals surface area contributed by atoms with Gasteiger partial charge in [-0.2, -0.15) is 5.10 Å². The minimum atomic E-state index is -3.33. The van der Waals surface area contributed by atoms with E-state index in [2.05, 4.69) is 10.8 Å². The Hall–Kier alpha value is -0.870. The van der Waals surface area contributed by atoms with Crippen molar-refractivity contribution in [1.29, 1.82) is 0 Å². The number of nitrogens with zero attached hydrogens (tertiary/aromatic N) is 1. The number of nitrogens with two attached hydrogens (primary N) is 1. The Morgan fingerprint density at radius 3 is 2.45 bits per heavy atom. The smallest absolute Gasteiger partial charge is 0.332 e. The third kappa shape index (κ3) is 4.52. The first kappa shape index (κ1) is 10.1. The lowest BCUT2D eigenvalue weighted by Gasteiger charge is -2.02. The van der Waals surface area contributed by atoms with Gasteiger partial charge in [-0.25, -0.2) is 10.2 Å². The molecule has 0 fully saturated rings. The van der Waals surface area contributed by atoms with Gasteiger partial charge in [0.1, 0.15) is 5.45 Å². The number of carbonyl (C=O) groups excluding carboxylic acids is 1. The standard InChI is InChI=1S/C4H10N3O3P/c1-3(11(2,9)10)6-7-4(5)8/h1-2H3,(H,9,10)(H3,5,7,8). The van der Waals surface area contributed by atoms with Crippen molar-refractivity contribution in [2.75, 3.05) is 6.66 Å². The molecule has 0 aliphatic carbocycles. The molecule has 1 unspecified atom stereocenters. The van der Waals surface area contributed by atoms with Gasteiger partial charge in [0.05, 0.1) is 0 Å². The molecule has 7 heteroatoms. The lowest BCUT2D eigenvalue weighted by atomic mass is 10.9. The molecule has 4 N–H and O–H groups in total. The zero-order chi connectivity index (χ0) is 9.07. The fourth-order valence-corrected chi connectivity index (χ4v) is 0.464. The summed E-state index contributed by atoms with van der Waals surface area (Å²) in [7, 11) is -3.33. The summed E-state index contributed by atoms with van der Waals surface area (Å²) in [6, 6.07) is -0.863. The normalized spacial score (nSPS) is 17.2. The van der Waals surface area contributed by atoms with Crippen molar-refractivity contribution in [2.24, 2.45) is 10.8 Å². The van der Waals surface area contributed by atoms with Gasteiger partial charge in [0.25, 0.3) is 0 Å². The molecule has 0 rings (SSSR count). The molecule has 0 bridgehead atoms. The topological polar surface area (TPSA) is 105 Å². The van der Waals surface area contributed by atoms with Crippen LogP contribution in [0.25, 0.3) is 0 Å². The van der Waals surface area contributed by atoms with Gasteiger partial charge in [0.2, 0.25) is 7.37 Å². The number of primary amides is 1. The van der Waals surface area contributed by atoms with Gasteiger partial charge in [-0.15, -0.1) is 0 Å². The second kappa shape index (κ2) is 3.50. The lowest BCUT2D eigenvalue weighted by Crippen LogP contribution is -2.25. The van der Waals surface area contributed by atoms with Crippen LogP contribution < -0.4 is 11.2 Å².